The molecule has 0 aliphatic rings. The standard InChI is InChI=1S/C11H16.3C10H15N.C9H16N2.4C2H6/c1-9-7-5-6-8-10(9)11(2,3)4;1-8-7-11-6-5-9(8)10(2,3)4;1-8-5-6-11-7-9(8)10(2,3)4;1-8-6-5-7-11-9(8)10(2,3)4;1-6-8(9(3,4)5)7(2)11-10-6;4*1-2/h5-8H,1-4H3;3*5-7H,1-4H3;1-5H3,(H,10,11);4*1-2H3. The van der Waals surface area contributed by atoms with E-state index in [1.807, 2.05) is 99.4 Å². The minimum Gasteiger partial charge on any atom is -0.282 e. The van der Waals surface area contributed by atoms with E-state index in [0.29, 0.717) is 0 Å². The molecule has 0 fully saturated rings. The maximum atomic E-state index is 4.35. The van der Waals surface area contributed by atoms with Gasteiger partial charge in [0.1, 0.15) is 0 Å². The number of H-pyrrole nitrogens is 1. The van der Waals surface area contributed by atoms with Gasteiger partial charge in [-0.05, 0) is 120 Å². The predicted octanol–water partition coefficient (Wildman–Crippen LogP) is 17.8. The molecule has 5 heteroatoms. The second kappa shape index (κ2) is 31.7. The van der Waals surface area contributed by atoms with E-state index >= 15 is 0 Å². The van der Waals surface area contributed by atoms with Crippen molar-refractivity contribution in [2.75, 3.05) is 0 Å². The fourth-order valence-corrected chi connectivity index (χ4v) is 6.91. The molecular weight excluding hydrogens is 767 g/mol. The first kappa shape index (κ1) is 65.5. The zero-order valence-corrected chi connectivity index (χ0v) is 46.8. The van der Waals surface area contributed by atoms with Crippen molar-refractivity contribution in [1.82, 2.24) is 25.1 Å². The van der Waals surface area contributed by atoms with Crippen LogP contribution in [0, 0.1) is 41.5 Å². The summed E-state index contributed by atoms with van der Waals surface area (Å²) in [6.07, 6.45) is 9.42. The zero-order chi connectivity index (χ0) is 50.6. The van der Waals surface area contributed by atoms with E-state index in [1.165, 1.54) is 55.9 Å². The highest BCUT2D eigenvalue weighted by molar-refractivity contribution is 5.32. The van der Waals surface area contributed by atoms with Gasteiger partial charge in [-0.2, -0.15) is 5.10 Å². The van der Waals surface area contributed by atoms with Crippen LogP contribution in [-0.4, -0.2) is 25.1 Å². The highest BCUT2D eigenvalue weighted by atomic mass is 15.1. The quantitative estimate of drug-likeness (QED) is 0.168. The first-order chi connectivity index (χ1) is 29.0. The number of aryl methyl sites for hydroxylation is 6. The Morgan fingerprint density at radius 2 is 0.794 bits per heavy atom. The van der Waals surface area contributed by atoms with E-state index in [0.717, 1.165) is 5.69 Å². The Hall–Kier alpha value is -4.12. The van der Waals surface area contributed by atoms with Crippen molar-refractivity contribution in [2.45, 2.75) is 228 Å². The van der Waals surface area contributed by atoms with Gasteiger partial charge in [-0.25, -0.2) is 0 Å². The Bertz CT molecular complexity index is 1640. The van der Waals surface area contributed by atoms with Crippen LogP contribution in [0.15, 0.2) is 79.5 Å². The molecule has 0 aliphatic carbocycles. The van der Waals surface area contributed by atoms with Crippen LogP contribution in [0.4, 0.5) is 0 Å². The molecule has 358 valence electrons. The molecule has 1 N–H and O–H groups in total. The smallest absolute Gasteiger partial charge is 0.0631 e. The van der Waals surface area contributed by atoms with Crippen molar-refractivity contribution in [1.29, 1.82) is 0 Å². The Morgan fingerprint density at radius 1 is 0.381 bits per heavy atom. The predicted molar refractivity (Wildman–Crippen MR) is 285 cm³/mol. The van der Waals surface area contributed by atoms with E-state index in [2.05, 4.69) is 206 Å². The highest BCUT2D eigenvalue weighted by Crippen LogP contribution is 2.28. The summed E-state index contributed by atoms with van der Waals surface area (Å²) >= 11 is 0. The number of benzene rings is 1. The van der Waals surface area contributed by atoms with Crippen molar-refractivity contribution < 1.29 is 0 Å². The normalized spacial score (nSPS) is 10.6. The first-order valence-electron chi connectivity index (χ1n) is 23.8. The second-order valence-electron chi connectivity index (χ2n) is 19.9. The molecule has 0 spiro atoms. The highest BCUT2D eigenvalue weighted by Gasteiger charge is 2.21. The van der Waals surface area contributed by atoms with Gasteiger partial charge in [0.2, 0.25) is 0 Å². The number of pyridine rings is 3. The van der Waals surface area contributed by atoms with E-state index in [9.17, 15) is 0 Å². The average Bonchev–Trinajstić information content (AvgIpc) is 3.56. The molecule has 0 radical (unpaired) electrons. The van der Waals surface area contributed by atoms with Crippen molar-refractivity contribution in [3.05, 3.63) is 141 Å². The molecule has 4 heterocycles. The topological polar surface area (TPSA) is 67.3 Å². The fraction of sp³-hybridized carbons (Fsp3) is 0.586. The molecule has 5 aromatic rings. The van der Waals surface area contributed by atoms with Gasteiger partial charge < -0.3 is 0 Å². The van der Waals surface area contributed by atoms with Crippen molar-refractivity contribution in [2.24, 2.45) is 0 Å². The summed E-state index contributed by atoms with van der Waals surface area (Å²) in [6.45, 7) is 61.8. The summed E-state index contributed by atoms with van der Waals surface area (Å²) in [7, 11) is 0. The Kier molecular flexibility index (Phi) is 32.9. The van der Waals surface area contributed by atoms with Gasteiger partial charge in [-0.3, -0.25) is 20.1 Å². The molecule has 0 atom stereocenters. The van der Waals surface area contributed by atoms with Crippen LogP contribution in [0.3, 0.4) is 0 Å². The van der Waals surface area contributed by atoms with E-state index in [-0.39, 0.29) is 27.1 Å². The third-order valence-corrected chi connectivity index (χ3v) is 9.23. The third kappa shape index (κ3) is 26.3. The zero-order valence-electron chi connectivity index (χ0n) is 46.8. The molecule has 0 saturated heterocycles. The Labute approximate surface area is 392 Å². The van der Waals surface area contributed by atoms with Crippen LogP contribution in [0.1, 0.15) is 221 Å². The van der Waals surface area contributed by atoms with Crippen LogP contribution in [-0.2, 0) is 27.1 Å². The Morgan fingerprint density at radius 3 is 1.08 bits per heavy atom. The maximum Gasteiger partial charge on any atom is 0.0631 e. The van der Waals surface area contributed by atoms with Gasteiger partial charge in [-0.1, -0.05) is 190 Å². The molecule has 0 saturated carbocycles. The number of hydrogen-bond donors (Lipinski definition) is 1. The molecule has 5 rings (SSSR count). The number of hydrogen-bond acceptors (Lipinski definition) is 4. The van der Waals surface area contributed by atoms with Crippen molar-refractivity contribution >= 4 is 0 Å². The summed E-state index contributed by atoms with van der Waals surface area (Å²) in [4.78, 5) is 12.5. The molecule has 0 bridgehead atoms. The molecule has 0 aliphatic heterocycles. The molecule has 0 amide bonds. The lowest BCUT2D eigenvalue weighted by Crippen LogP contribution is -2.14. The van der Waals surface area contributed by atoms with Gasteiger partial charge >= 0.3 is 0 Å². The van der Waals surface area contributed by atoms with Crippen LogP contribution in [0.5, 0.6) is 0 Å². The Balaban J connectivity index is -0.000000331. The van der Waals surface area contributed by atoms with E-state index in [4.69, 9.17) is 0 Å². The number of aromatic amines is 1. The summed E-state index contributed by atoms with van der Waals surface area (Å²) in [5, 5.41) is 7.15. The largest absolute Gasteiger partial charge is 0.282 e. The lowest BCUT2D eigenvalue weighted by molar-refractivity contribution is 0.564. The lowest BCUT2D eigenvalue weighted by atomic mass is 9.84. The average molecular weight is 868 g/mol. The van der Waals surface area contributed by atoms with E-state index in [1.54, 1.807) is 0 Å². The molecule has 5 nitrogen and oxygen atoms in total. The summed E-state index contributed by atoms with van der Waals surface area (Å²) in [6, 6.07) is 16.8. The third-order valence-electron chi connectivity index (χ3n) is 9.23. The van der Waals surface area contributed by atoms with Crippen LogP contribution in [0.25, 0.3) is 0 Å². The SMILES string of the molecule is CC.CC.CC.CC.Cc1ccccc1C(C)(C)C.Cc1cccnc1C(C)(C)C.Cc1ccncc1C(C)(C)C.Cc1cnccc1C(C)(C)C.Cc1n[nH]c(C)c1C(C)(C)C. The van der Waals surface area contributed by atoms with Gasteiger partial charge in [-0.15, -0.1) is 0 Å². The van der Waals surface area contributed by atoms with Crippen molar-refractivity contribution in [3.8, 4) is 0 Å². The van der Waals surface area contributed by atoms with Gasteiger partial charge in [0.15, 0.2) is 0 Å². The lowest BCUT2D eigenvalue weighted by Gasteiger charge is -2.21. The van der Waals surface area contributed by atoms with Crippen LogP contribution >= 0.6 is 0 Å². The van der Waals surface area contributed by atoms with Gasteiger partial charge in [0.05, 0.1) is 5.69 Å². The summed E-state index contributed by atoms with van der Waals surface area (Å²) in [5.41, 5.74) is 15.4. The molecule has 1 aromatic carbocycles. The van der Waals surface area contributed by atoms with E-state index < -0.39 is 0 Å². The molecular formula is C58H101N5. The van der Waals surface area contributed by atoms with Gasteiger partial charge in [0, 0.05) is 53.4 Å². The monoisotopic (exact) mass is 868 g/mol. The number of rotatable bonds is 0. The van der Waals surface area contributed by atoms with Crippen LogP contribution in [0.2, 0.25) is 0 Å². The number of aromatic nitrogens is 5. The minimum atomic E-state index is 0.172. The molecule has 0 unspecified atom stereocenters. The first-order valence-corrected chi connectivity index (χ1v) is 23.8. The van der Waals surface area contributed by atoms with Crippen molar-refractivity contribution in [3.63, 3.8) is 0 Å². The molecule has 63 heavy (non-hydrogen) atoms. The minimum absolute atomic E-state index is 0.172. The summed E-state index contributed by atoms with van der Waals surface area (Å²) < 4.78 is 0. The molecule has 4 aromatic heterocycles. The van der Waals surface area contributed by atoms with Gasteiger partial charge in [0.25, 0.3) is 0 Å². The second-order valence-corrected chi connectivity index (χ2v) is 19.9. The maximum absolute atomic E-state index is 4.35. The number of nitrogens with zero attached hydrogens (tertiary/aromatic N) is 4. The van der Waals surface area contributed by atoms with Crippen LogP contribution < -0.4 is 0 Å². The fourth-order valence-electron chi connectivity index (χ4n) is 6.91. The number of nitrogens with one attached hydrogen (secondary N) is 1. The summed E-state index contributed by atoms with van der Waals surface area (Å²) in [5.74, 6) is 0.